The molecule has 0 bridgehead atoms. The van der Waals surface area contributed by atoms with Crippen LogP contribution < -0.4 is 5.73 Å². The Hall–Kier alpha value is -1.65. The first-order valence-electron chi connectivity index (χ1n) is 6.21. The molecule has 0 aromatic carbocycles. The van der Waals surface area contributed by atoms with Crippen LogP contribution in [0.15, 0.2) is 41.0 Å². The zero-order chi connectivity index (χ0) is 12.8. The quantitative estimate of drug-likeness (QED) is 0.847. The molecule has 4 nitrogen and oxygen atoms in total. The summed E-state index contributed by atoms with van der Waals surface area (Å²) in [4.78, 5) is 6.79. The van der Waals surface area contributed by atoms with Crippen molar-refractivity contribution >= 4 is 0 Å². The summed E-state index contributed by atoms with van der Waals surface area (Å²) in [6, 6.07) is 9.89. The maximum atomic E-state index is 5.60. The van der Waals surface area contributed by atoms with Crippen LogP contribution in [0.1, 0.15) is 24.1 Å². The first-order valence-corrected chi connectivity index (χ1v) is 6.21. The van der Waals surface area contributed by atoms with Crippen molar-refractivity contribution in [3.63, 3.8) is 0 Å². The van der Waals surface area contributed by atoms with Crippen molar-refractivity contribution in [2.24, 2.45) is 5.73 Å². The Morgan fingerprint density at radius 3 is 2.67 bits per heavy atom. The number of hydrogen-bond donors (Lipinski definition) is 1. The fourth-order valence-corrected chi connectivity index (χ4v) is 1.86. The maximum absolute atomic E-state index is 5.60. The Labute approximate surface area is 107 Å². The van der Waals surface area contributed by atoms with Gasteiger partial charge in [0, 0.05) is 13.1 Å². The zero-order valence-corrected chi connectivity index (χ0v) is 10.7. The van der Waals surface area contributed by atoms with Crippen LogP contribution in [0.25, 0.3) is 0 Å². The first-order chi connectivity index (χ1) is 8.81. The van der Waals surface area contributed by atoms with Gasteiger partial charge in [0.05, 0.1) is 24.2 Å². The Kier molecular flexibility index (Phi) is 4.50. The minimum absolute atomic E-state index is 0.484. The van der Waals surface area contributed by atoms with Crippen molar-refractivity contribution in [3.8, 4) is 0 Å². The predicted octanol–water partition coefficient (Wildman–Crippen LogP) is 2.16. The van der Waals surface area contributed by atoms with Crippen molar-refractivity contribution in [2.45, 2.75) is 26.6 Å². The minimum Gasteiger partial charge on any atom is -0.468 e. The highest BCUT2D eigenvalue weighted by Crippen LogP contribution is 2.09. The van der Waals surface area contributed by atoms with Crippen molar-refractivity contribution in [1.29, 1.82) is 0 Å². The van der Waals surface area contributed by atoms with E-state index in [4.69, 9.17) is 10.2 Å². The second-order valence-corrected chi connectivity index (χ2v) is 4.21. The van der Waals surface area contributed by atoms with Crippen molar-refractivity contribution in [2.75, 3.05) is 6.54 Å². The van der Waals surface area contributed by atoms with Gasteiger partial charge in [-0.25, -0.2) is 0 Å². The molecule has 0 saturated heterocycles. The average Bonchev–Trinajstić information content (AvgIpc) is 2.91. The standard InChI is InChI=1S/C14H19N3O/c1-2-17(11-14-7-4-8-18-14)10-13-6-3-5-12(9-15)16-13/h3-8H,2,9-11,15H2,1H3. The lowest BCUT2D eigenvalue weighted by molar-refractivity contribution is 0.245. The van der Waals surface area contributed by atoms with Crippen LogP contribution in [0.3, 0.4) is 0 Å². The van der Waals surface area contributed by atoms with E-state index >= 15 is 0 Å². The molecular weight excluding hydrogens is 226 g/mol. The lowest BCUT2D eigenvalue weighted by Gasteiger charge is -2.18. The summed E-state index contributed by atoms with van der Waals surface area (Å²) < 4.78 is 5.37. The fourth-order valence-electron chi connectivity index (χ4n) is 1.86. The molecule has 0 radical (unpaired) electrons. The van der Waals surface area contributed by atoms with Gasteiger partial charge in [0.15, 0.2) is 0 Å². The van der Waals surface area contributed by atoms with E-state index in [9.17, 15) is 0 Å². The van der Waals surface area contributed by atoms with Gasteiger partial charge in [-0.1, -0.05) is 13.0 Å². The molecule has 2 rings (SSSR count). The molecule has 0 amide bonds. The first kappa shape index (κ1) is 12.8. The number of pyridine rings is 1. The summed E-state index contributed by atoms with van der Waals surface area (Å²) in [7, 11) is 0. The smallest absolute Gasteiger partial charge is 0.117 e. The van der Waals surface area contributed by atoms with Crippen molar-refractivity contribution in [1.82, 2.24) is 9.88 Å². The summed E-state index contributed by atoms with van der Waals surface area (Å²) in [5.41, 5.74) is 7.58. The summed E-state index contributed by atoms with van der Waals surface area (Å²) in [5, 5.41) is 0. The summed E-state index contributed by atoms with van der Waals surface area (Å²) in [6.07, 6.45) is 1.70. The molecule has 2 aromatic rings. The van der Waals surface area contributed by atoms with Gasteiger partial charge in [-0.3, -0.25) is 9.88 Å². The SMILES string of the molecule is CCN(Cc1cccc(CN)n1)Cc1ccco1. The van der Waals surface area contributed by atoms with Crippen LogP contribution in [0.4, 0.5) is 0 Å². The number of aromatic nitrogens is 1. The monoisotopic (exact) mass is 245 g/mol. The van der Waals surface area contributed by atoms with E-state index in [1.165, 1.54) is 0 Å². The fraction of sp³-hybridized carbons (Fsp3) is 0.357. The highest BCUT2D eigenvalue weighted by atomic mass is 16.3. The second kappa shape index (κ2) is 6.33. The van der Waals surface area contributed by atoms with Crippen molar-refractivity contribution < 1.29 is 4.42 Å². The van der Waals surface area contributed by atoms with Crippen LogP contribution in [0, 0.1) is 0 Å². The number of nitrogens with two attached hydrogens (primary N) is 1. The second-order valence-electron chi connectivity index (χ2n) is 4.21. The number of furan rings is 1. The van der Waals surface area contributed by atoms with Crippen LogP contribution in [0.2, 0.25) is 0 Å². The Morgan fingerprint density at radius 1 is 1.17 bits per heavy atom. The van der Waals surface area contributed by atoms with Gasteiger partial charge in [0.2, 0.25) is 0 Å². The normalized spacial score (nSPS) is 11.1. The molecule has 0 saturated carbocycles. The van der Waals surface area contributed by atoms with Crippen LogP contribution in [0.5, 0.6) is 0 Å². The lowest BCUT2D eigenvalue weighted by atomic mass is 10.2. The molecule has 0 spiro atoms. The third-order valence-electron chi connectivity index (χ3n) is 2.87. The van der Waals surface area contributed by atoms with Crippen LogP contribution >= 0.6 is 0 Å². The molecule has 0 aliphatic heterocycles. The Morgan fingerprint density at radius 2 is 2.00 bits per heavy atom. The highest BCUT2D eigenvalue weighted by Gasteiger charge is 2.07. The lowest BCUT2D eigenvalue weighted by Crippen LogP contribution is -2.22. The average molecular weight is 245 g/mol. The Balaban J connectivity index is 2.00. The predicted molar refractivity (Wildman–Crippen MR) is 70.6 cm³/mol. The largest absolute Gasteiger partial charge is 0.468 e. The molecule has 4 heteroatoms. The molecule has 2 heterocycles. The van der Waals surface area contributed by atoms with Gasteiger partial charge in [-0.2, -0.15) is 0 Å². The number of hydrogen-bond acceptors (Lipinski definition) is 4. The molecular formula is C14H19N3O. The van der Waals surface area contributed by atoms with Gasteiger partial charge >= 0.3 is 0 Å². The zero-order valence-electron chi connectivity index (χ0n) is 10.7. The molecule has 2 N–H and O–H groups in total. The van der Waals surface area contributed by atoms with Gasteiger partial charge in [0.1, 0.15) is 5.76 Å². The van der Waals surface area contributed by atoms with E-state index in [0.717, 1.165) is 36.8 Å². The van der Waals surface area contributed by atoms with Gasteiger partial charge in [-0.05, 0) is 30.8 Å². The third kappa shape index (κ3) is 3.42. The Bertz CT molecular complexity index is 468. The topological polar surface area (TPSA) is 55.3 Å². The van der Waals surface area contributed by atoms with Crippen LogP contribution in [-0.2, 0) is 19.6 Å². The molecule has 0 aliphatic rings. The van der Waals surface area contributed by atoms with Gasteiger partial charge in [-0.15, -0.1) is 0 Å². The minimum atomic E-state index is 0.484. The summed E-state index contributed by atoms with van der Waals surface area (Å²) in [5.74, 6) is 0.979. The maximum Gasteiger partial charge on any atom is 0.117 e. The molecule has 0 fully saturated rings. The molecule has 96 valence electrons. The molecule has 0 atom stereocenters. The van der Waals surface area contributed by atoms with Gasteiger partial charge < -0.3 is 10.2 Å². The molecule has 0 unspecified atom stereocenters. The summed E-state index contributed by atoms with van der Waals surface area (Å²) >= 11 is 0. The van der Waals surface area contributed by atoms with E-state index in [2.05, 4.69) is 16.8 Å². The van der Waals surface area contributed by atoms with E-state index in [1.807, 2.05) is 30.3 Å². The summed E-state index contributed by atoms with van der Waals surface area (Å²) in [6.45, 7) is 5.19. The number of nitrogens with zero attached hydrogens (tertiary/aromatic N) is 2. The molecule has 0 aliphatic carbocycles. The molecule has 18 heavy (non-hydrogen) atoms. The van der Waals surface area contributed by atoms with E-state index in [0.29, 0.717) is 6.54 Å². The highest BCUT2D eigenvalue weighted by molar-refractivity contribution is 5.11. The number of rotatable bonds is 6. The van der Waals surface area contributed by atoms with E-state index < -0.39 is 0 Å². The van der Waals surface area contributed by atoms with Crippen molar-refractivity contribution in [3.05, 3.63) is 53.7 Å². The van der Waals surface area contributed by atoms with E-state index in [1.54, 1.807) is 6.26 Å². The molecule has 2 aromatic heterocycles. The third-order valence-corrected chi connectivity index (χ3v) is 2.87. The van der Waals surface area contributed by atoms with E-state index in [-0.39, 0.29) is 0 Å². The van der Waals surface area contributed by atoms with Crippen LogP contribution in [-0.4, -0.2) is 16.4 Å². The van der Waals surface area contributed by atoms with Gasteiger partial charge in [0.25, 0.3) is 0 Å².